The fourth-order valence-electron chi connectivity index (χ4n) is 2.45. The molecule has 1 aromatic heterocycles. The molecule has 0 bridgehead atoms. The van der Waals surface area contributed by atoms with Gasteiger partial charge in [-0.3, -0.25) is 4.90 Å². The average molecular weight is 356 g/mol. The molecule has 116 valence electrons. The maximum absolute atomic E-state index is 12.4. The van der Waals surface area contributed by atoms with E-state index in [1.54, 1.807) is 4.90 Å². The number of likely N-dealkylation sites (N-methyl/N-ethyl adjacent to an activating group) is 1. The third kappa shape index (κ3) is 3.95. The topological polar surface area (TPSA) is 45.7 Å². The van der Waals surface area contributed by atoms with E-state index in [0.29, 0.717) is 12.4 Å². The van der Waals surface area contributed by atoms with Gasteiger partial charge in [0.1, 0.15) is 16.0 Å². The van der Waals surface area contributed by atoms with Crippen molar-refractivity contribution in [2.75, 3.05) is 32.1 Å². The van der Waals surface area contributed by atoms with Crippen LogP contribution in [0.4, 0.5) is 10.6 Å². The Kier molecular flexibility index (Phi) is 4.58. The highest BCUT2D eigenvalue weighted by Gasteiger charge is 2.36. The minimum absolute atomic E-state index is 0.253. The second-order valence-corrected chi connectivity index (χ2v) is 7.41. The van der Waals surface area contributed by atoms with Gasteiger partial charge in [0.15, 0.2) is 0 Å². The van der Waals surface area contributed by atoms with Crippen LogP contribution in [0.2, 0.25) is 0 Å². The summed E-state index contributed by atoms with van der Waals surface area (Å²) in [5, 5.41) is 0. The summed E-state index contributed by atoms with van der Waals surface area (Å²) >= 11 is 3.37. The number of fused-ring (bicyclic) bond motifs is 1. The number of amides is 1. The van der Waals surface area contributed by atoms with Gasteiger partial charge < -0.3 is 9.64 Å². The van der Waals surface area contributed by atoms with Crippen molar-refractivity contribution < 1.29 is 9.53 Å². The predicted octanol–water partition coefficient (Wildman–Crippen LogP) is 3.24. The Labute approximate surface area is 134 Å². The lowest BCUT2D eigenvalue weighted by atomic mass is 10.0. The molecule has 0 spiro atoms. The molecule has 1 atom stereocenters. The van der Waals surface area contributed by atoms with Crippen LogP contribution in [-0.2, 0) is 4.74 Å². The Morgan fingerprint density at radius 2 is 2.14 bits per heavy atom. The predicted molar refractivity (Wildman–Crippen MR) is 86.8 cm³/mol. The summed E-state index contributed by atoms with van der Waals surface area (Å²) in [5.41, 5.74) is 0.584. The van der Waals surface area contributed by atoms with E-state index in [2.05, 4.69) is 25.8 Å². The molecule has 21 heavy (non-hydrogen) atoms. The van der Waals surface area contributed by atoms with Gasteiger partial charge in [-0.2, -0.15) is 0 Å². The highest BCUT2D eigenvalue weighted by atomic mass is 79.9. The van der Waals surface area contributed by atoms with Crippen LogP contribution in [0.15, 0.2) is 16.7 Å². The number of carbonyl (C=O) groups excluding carboxylic acids is 1. The van der Waals surface area contributed by atoms with Crippen molar-refractivity contribution in [2.45, 2.75) is 32.3 Å². The lowest BCUT2D eigenvalue weighted by molar-refractivity contribution is 0.0580. The minimum Gasteiger partial charge on any atom is -0.443 e. The summed E-state index contributed by atoms with van der Waals surface area (Å²) in [6.45, 7) is 7.08. The molecule has 1 unspecified atom stereocenters. The molecule has 1 aliphatic rings. The number of aromatic nitrogens is 1. The molecule has 0 saturated heterocycles. The van der Waals surface area contributed by atoms with Crippen molar-refractivity contribution in [3.63, 3.8) is 0 Å². The molecular formula is C15H22BrN3O2. The molecule has 0 aromatic carbocycles. The van der Waals surface area contributed by atoms with Gasteiger partial charge in [0.05, 0.1) is 0 Å². The second-order valence-electron chi connectivity index (χ2n) is 6.60. The van der Waals surface area contributed by atoms with Gasteiger partial charge in [-0.05, 0) is 56.9 Å². The van der Waals surface area contributed by atoms with Crippen molar-refractivity contribution in [3.8, 4) is 0 Å². The Bertz CT molecular complexity index is 540. The van der Waals surface area contributed by atoms with E-state index in [-0.39, 0.29) is 12.0 Å². The molecular weight excluding hydrogens is 334 g/mol. The Hall–Kier alpha value is -1.14. The molecule has 0 fully saturated rings. The summed E-state index contributed by atoms with van der Waals surface area (Å²) in [6.07, 6.45) is -0.337. The van der Waals surface area contributed by atoms with Gasteiger partial charge in [-0.25, -0.2) is 9.78 Å². The van der Waals surface area contributed by atoms with Crippen molar-refractivity contribution in [3.05, 3.63) is 22.3 Å². The van der Waals surface area contributed by atoms with Crippen LogP contribution in [0, 0.1) is 0 Å². The number of hydrogen-bond donors (Lipinski definition) is 0. The third-order valence-corrected chi connectivity index (χ3v) is 3.61. The molecule has 2 rings (SSSR count). The molecule has 0 aliphatic carbocycles. The lowest BCUT2D eigenvalue weighted by Crippen LogP contribution is -2.37. The quantitative estimate of drug-likeness (QED) is 0.764. The molecule has 6 heteroatoms. The number of hydrogen-bond acceptors (Lipinski definition) is 4. The molecule has 0 saturated carbocycles. The largest absolute Gasteiger partial charge is 0.443 e. The van der Waals surface area contributed by atoms with Crippen LogP contribution >= 0.6 is 15.9 Å². The summed E-state index contributed by atoms with van der Waals surface area (Å²) < 4.78 is 6.21. The van der Waals surface area contributed by atoms with Crippen LogP contribution in [0.3, 0.4) is 0 Å². The first-order valence-electron chi connectivity index (χ1n) is 6.99. The molecule has 2 heterocycles. The number of rotatable bonds is 2. The molecule has 1 amide bonds. The summed E-state index contributed by atoms with van der Waals surface area (Å²) in [6, 6.07) is 3.95. The molecule has 0 N–H and O–H groups in total. The molecule has 0 radical (unpaired) electrons. The van der Waals surface area contributed by atoms with E-state index >= 15 is 0 Å². The second kappa shape index (κ2) is 5.93. The standard InChI is InChI=1S/C15H22BrN3O2/c1-15(2,3)21-14(20)19-9-10(8-18(4)5)11-6-7-12(16)17-13(11)19/h6-7,10H,8-9H2,1-5H3. The smallest absolute Gasteiger partial charge is 0.416 e. The van der Waals surface area contributed by atoms with Crippen LogP contribution in [0.5, 0.6) is 0 Å². The number of ether oxygens (including phenoxy) is 1. The fourth-order valence-corrected chi connectivity index (χ4v) is 2.75. The fraction of sp³-hybridized carbons (Fsp3) is 0.600. The van der Waals surface area contributed by atoms with Crippen LogP contribution in [0.1, 0.15) is 32.3 Å². The van der Waals surface area contributed by atoms with Gasteiger partial charge in [0.2, 0.25) is 0 Å². The zero-order valence-electron chi connectivity index (χ0n) is 13.2. The highest BCUT2D eigenvalue weighted by Crippen LogP contribution is 2.36. The van der Waals surface area contributed by atoms with Crippen molar-refractivity contribution in [1.82, 2.24) is 9.88 Å². The van der Waals surface area contributed by atoms with E-state index in [0.717, 1.165) is 16.7 Å². The van der Waals surface area contributed by atoms with Crippen LogP contribution < -0.4 is 4.90 Å². The number of halogens is 1. The zero-order valence-corrected chi connectivity index (χ0v) is 14.8. The van der Waals surface area contributed by atoms with E-state index in [1.165, 1.54) is 0 Å². The third-order valence-electron chi connectivity index (χ3n) is 3.17. The molecule has 1 aliphatic heterocycles. The Morgan fingerprint density at radius 1 is 1.48 bits per heavy atom. The van der Waals surface area contributed by atoms with Crippen LogP contribution in [-0.4, -0.2) is 48.8 Å². The van der Waals surface area contributed by atoms with Crippen molar-refractivity contribution in [2.24, 2.45) is 0 Å². The van der Waals surface area contributed by atoms with E-state index in [9.17, 15) is 4.79 Å². The lowest BCUT2D eigenvalue weighted by Gasteiger charge is -2.24. The highest BCUT2D eigenvalue weighted by molar-refractivity contribution is 9.10. The number of pyridine rings is 1. The molecule has 5 nitrogen and oxygen atoms in total. The number of carbonyl (C=O) groups is 1. The van der Waals surface area contributed by atoms with Crippen LogP contribution in [0.25, 0.3) is 0 Å². The van der Waals surface area contributed by atoms with E-state index in [4.69, 9.17) is 4.74 Å². The SMILES string of the molecule is CN(C)CC1CN(C(=O)OC(C)(C)C)c2nc(Br)ccc21. The summed E-state index contributed by atoms with van der Waals surface area (Å²) in [4.78, 5) is 20.6. The minimum atomic E-state index is -0.511. The summed E-state index contributed by atoms with van der Waals surface area (Å²) in [5.74, 6) is 0.952. The van der Waals surface area contributed by atoms with Gasteiger partial charge >= 0.3 is 6.09 Å². The first-order chi connectivity index (χ1) is 9.67. The molecule has 1 aromatic rings. The average Bonchev–Trinajstić information content (AvgIpc) is 2.64. The summed E-state index contributed by atoms with van der Waals surface area (Å²) in [7, 11) is 4.06. The Balaban J connectivity index is 2.29. The van der Waals surface area contributed by atoms with Gasteiger partial charge in [0, 0.05) is 24.6 Å². The van der Waals surface area contributed by atoms with Gasteiger partial charge in [-0.1, -0.05) is 6.07 Å². The maximum Gasteiger partial charge on any atom is 0.416 e. The van der Waals surface area contributed by atoms with Crippen molar-refractivity contribution >= 4 is 27.8 Å². The van der Waals surface area contributed by atoms with Gasteiger partial charge in [-0.15, -0.1) is 0 Å². The van der Waals surface area contributed by atoms with Gasteiger partial charge in [0.25, 0.3) is 0 Å². The number of nitrogens with zero attached hydrogens (tertiary/aromatic N) is 3. The van der Waals surface area contributed by atoms with Crippen molar-refractivity contribution in [1.29, 1.82) is 0 Å². The Morgan fingerprint density at radius 3 is 2.71 bits per heavy atom. The monoisotopic (exact) mass is 355 g/mol. The maximum atomic E-state index is 12.4. The van der Waals surface area contributed by atoms with E-state index in [1.807, 2.05) is 47.0 Å². The number of anilines is 1. The first-order valence-corrected chi connectivity index (χ1v) is 7.78. The normalized spacial score (nSPS) is 18.0. The first kappa shape index (κ1) is 16.2. The van der Waals surface area contributed by atoms with E-state index < -0.39 is 5.60 Å². The zero-order chi connectivity index (χ0) is 15.8.